The first-order valence-electron chi connectivity index (χ1n) is 6.80. The summed E-state index contributed by atoms with van der Waals surface area (Å²) < 4.78 is 0. The fourth-order valence-corrected chi connectivity index (χ4v) is 3.33. The molecule has 0 bridgehead atoms. The first kappa shape index (κ1) is 14.2. The van der Waals surface area contributed by atoms with Gasteiger partial charge in [0.15, 0.2) is 0 Å². The largest absolute Gasteiger partial charge is 0.361 e. The van der Waals surface area contributed by atoms with Gasteiger partial charge in [0.2, 0.25) is 5.28 Å². The molecule has 3 aromatic rings. The smallest absolute Gasteiger partial charge is 0.225 e. The van der Waals surface area contributed by atoms with Crippen LogP contribution in [-0.2, 0) is 6.42 Å². The Morgan fingerprint density at radius 3 is 2.90 bits per heavy atom. The minimum atomic E-state index is 0.0466. The summed E-state index contributed by atoms with van der Waals surface area (Å²) in [6.45, 7) is 4.18. The van der Waals surface area contributed by atoms with E-state index in [0.717, 1.165) is 28.1 Å². The number of pyridine rings is 1. The zero-order valence-corrected chi connectivity index (χ0v) is 13.4. The standard InChI is InChI=1S/C15H15ClN4S/c1-3-10-8-11-13(19-15(16)20-14(11)21-10)18-9(2)12-6-4-5-7-17-12/h4-9H,3H2,1-2H3,(H,18,19,20). The number of halogens is 1. The van der Waals surface area contributed by atoms with E-state index >= 15 is 0 Å². The molecule has 0 aliphatic carbocycles. The maximum Gasteiger partial charge on any atom is 0.225 e. The fraction of sp³-hybridized carbons (Fsp3) is 0.267. The van der Waals surface area contributed by atoms with Gasteiger partial charge in [-0.25, -0.2) is 9.97 Å². The van der Waals surface area contributed by atoms with Crippen molar-refractivity contribution in [3.63, 3.8) is 0 Å². The van der Waals surface area contributed by atoms with Gasteiger partial charge in [-0.05, 0) is 43.1 Å². The van der Waals surface area contributed by atoms with Crippen LogP contribution in [0.3, 0.4) is 0 Å². The third kappa shape index (κ3) is 2.99. The monoisotopic (exact) mass is 318 g/mol. The molecular weight excluding hydrogens is 304 g/mol. The Balaban J connectivity index is 1.98. The normalized spacial score (nSPS) is 12.5. The van der Waals surface area contributed by atoms with Crippen LogP contribution in [0, 0.1) is 0 Å². The molecule has 0 aliphatic rings. The molecule has 0 fully saturated rings. The van der Waals surface area contributed by atoms with Crippen molar-refractivity contribution in [3.05, 3.63) is 46.3 Å². The van der Waals surface area contributed by atoms with Gasteiger partial charge in [0.05, 0.1) is 17.1 Å². The van der Waals surface area contributed by atoms with Crippen LogP contribution in [0.1, 0.15) is 30.5 Å². The molecule has 0 aromatic carbocycles. The number of thiophene rings is 1. The van der Waals surface area contributed by atoms with Gasteiger partial charge in [0.25, 0.3) is 0 Å². The molecular formula is C15H15ClN4S. The topological polar surface area (TPSA) is 50.7 Å². The molecule has 0 saturated carbocycles. The molecule has 0 saturated heterocycles. The molecule has 1 N–H and O–H groups in total. The van der Waals surface area contributed by atoms with Crippen molar-refractivity contribution < 1.29 is 0 Å². The number of nitrogens with zero attached hydrogens (tertiary/aromatic N) is 3. The highest BCUT2D eigenvalue weighted by atomic mass is 35.5. The fourth-order valence-electron chi connectivity index (χ4n) is 2.14. The van der Waals surface area contributed by atoms with Crippen LogP contribution in [-0.4, -0.2) is 15.0 Å². The SMILES string of the molecule is CCc1cc2c(NC(C)c3ccccn3)nc(Cl)nc2s1. The number of hydrogen-bond donors (Lipinski definition) is 1. The van der Waals surface area contributed by atoms with Crippen LogP contribution in [0.4, 0.5) is 5.82 Å². The minimum absolute atomic E-state index is 0.0466. The van der Waals surface area contributed by atoms with E-state index in [4.69, 9.17) is 11.6 Å². The lowest BCUT2D eigenvalue weighted by Gasteiger charge is -2.14. The summed E-state index contributed by atoms with van der Waals surface area (Å²) in [5.74, 6) is 0.763. The second-order valence-electron chi connectivity index (χ2n) is 4.75. The van der Waals surface area contributed by atoms with E-state index in [9.17, 15) is 0 Å². The van der Waals surface area contributed by atoms with Gasteiger partial charge in [-0.15, -0.1) is 11.3 Å². The van der Waals surface area contributed by atoms with Crippen molar-refractivity contribution >= 4 is 39.0 Å². The average Bonchev–Trinajstić information content (AvgIpc) is 2.91. The van der Waals surface area contributed by atoms with Gasteiger partial charge in [0.1, 0.15) is 10.6 Å². The van der Waals surface area contributed by atoms with Crippen molar-refractivity contribution in [1.29, 1.82) is 0 Å². The Kier molecular flexibility index (Phi) is 4.03. The molecule has 21 heavy (non-hydrogen) atoms. The van der Waals surface area contributed by atoms with Gasteiger partial charge >= 0.3 is 0 Å². The first-order valence-corrected chi connectivity index (χ1v) is 8.00. The summed E-state index contributed by atoms with van der Waals surface area (Å²) in [6.07, 6.45) is 2.77. The highest BCUT2D eigenvalue weighted by molar-refractivity contribution is 7.18. The maximum absolute atomic E-state index is 6.03. The zero-order chi connectivity index (χ0) is 14.8. The first-order chi connectivity index (χ1) is 10.2. The van der Waals surface area contributed by atoms with Crippen LogP contribution >= 0.6 is 22.9 Å². The van der Waals surface area contributed by atoms with Gasteiger partial charge < -0.3 is 5.32 Å². The lowest BCUT2D eigenvalue weighted by Crippen LogP contribution is -2.09. The van der Waals surface area contributed by atoms with E-state index in [2.05, 4.69) is 40.2 Å². The van der Waals surface area contributed by atoms with Crippen molar-refractivity contribution in [2.45, 2.75) is 26.3 Å². The van der Waals surface area contributed by atoms with Gasteiger partial charge in [-0.1, -0.05) is 13.0 Å². The molecule has 6 heteroatoms. The maximum atomic E-state index is 6.03. The predicted molar refractivity (Wildman–Crippen MR) is 88.1 cm³/mol. The number of fused-ring (bicyclic) bond motifs is 1. The summed E-state index contributed by atoms with van der Waals surface area (Å²) >= 11 is 7.69. The van der Waals surface area contributed by atoms with E-state index < -0.39 is 0 Å². The number of aromatic nitrogens is 3. The average molecular weight is 319 g/mol. The highest BCUT2D eigenvalue weighted by Crippen LogP contribution is 2.31. The predicted octanol–water partition coefficient (Wildman–Crippen LogP) is 4.48. The molecule has 0 spiro atoms. The summed E-state index contributed by atoms with van der Waals surface area (Å²) in [6, 6.07) is 8.04. The highest BCUT2D eigenvalue weighted by Gasteiger charge is 2.14. The molecule has 3 heterocycles. The summed E-state index contributed by atoms with van der Waals surface area (Å²) in [7, 11) is 0. The molecule has 4 nitrogen and oxygen atoms in total. The number of rotatable bonds is 4. The van der Waals surface area contributed by atoms with Crippen molar-refractivity contribution in [3.8, 4) is 0 Å². The number of aryl methyl sites for hydroxylation is 1. The third-order valence-electron chi connectivity index (χ3n) is 3.25. The lowest BCUT2D eigenvalue weighted by molar-refractivity contribution is 0.833. The molecule has 1 unspecified atom stereocenters. The number of nitrogens with one attached hydrogen (secondary N) is 1. The Labute approximate surface area is 132 Å². The Bertz CT molecular complexity index is 757. The van der Waals surface area contributed by atoms with Crippen LogP contribution in [0.15, 0.2) is 30.5 Å². The molecule has 108 valence electrons. The van der Waals surface area contributed by atoms with Crippen molar-refractivity contribution in [2.75, 3.05) is 5.32 Å². The third-order valence-corrected chi connectivity index (χ3v) is 4.59. The Morgan fingerprint density at radius 2 is 2.19 bits per heavy atom. The lowest BCUT2D eigenvalue weighted by atomic mass is 10.2. The van der Waals surface area contributed by atoms with E-state index in [1.54, 1.807) is 17.5 Å². The van der Waals surface area contributed by atoms with Gasteiger partial charge in [0, 0.05) is 11.1 Å². The summed E-state index contributed by atoms with van der Waals surface area (Å²) in [5.41, 5.74) is 0.964. The molecule has 3 aromatic heterocycles. The van der Waals surface area contributed by atoms with E-state index in [1.807, 2.05) is 18.2 Å². The minimum Gasteiger partial charge on any atom is -0.361 e. The van der Waals surface area contributed by atoms with Crippen LogP contribution in [0.5, 0.6) is 0 Å². The van der Waals surface area contributed by atoms with Gasteiger partial charge in [-0.2, -0.15) is 0 Å². The summed E-state index contributed by atoms with van der Waals surface area (Å²) in [5, 5.41) is 4.67. The van der Waals surface area contributed by atoms with Crippen LogP contribution in [0.25, 0.3) is 10.2 Å². The van der Waals surface area contributed by atoms with Crippen molar-refractivity contribution in [1.82, 2.24) is 15.0 Å². The summed E-state index contributed by atoms with van der Waals surface area (Å²) in [4.78, 5) is 15.2. The van der Waals surface area contributed by atoms with E-state index in [1.165, 1.54) is 4.88 Å². The second-order valence-corrected chi connectivity index (χ2v) is 6.20. The molecule has 0 aliphatic heterocycles. The number of anilines is 1. The quantitative estimate of drug-likeness (QED) is 0.721. The molecule has 1 atom stereocenters. The van der Waals surface area contributed by atoms with E-state index in [0.29, 0.717) is 0 Å². The Hall–Kier alpha value is -1.72. The van der Waals surface area contributed by atoms with Crippen molar-refractivity contribution in [2.24, 2.45) is 0 Å². The van der Waals surface area contributed by atoms with E-state index in [-0.39, 0.29) is 11.3 Å². The molecule has 0 radical (unpaired) electrons. The molecule has 3 rings (SSSR count). The zero-order valence-electron chi connectivity index (χ0n) is 11.8. The van der Waals surface area contributed by atoms with Crippen LogP contribution in [0.2, 0.25) is 5.28 Å². The van der Waals surface area contributed by atoms with Gasteiger partial charge in [-0.3, -0.25) is 4.98 Å². The Morgan fingerprint density at radius 1 is 1.33 bits per heavy atom. The van der Waals surface area contributed by atoms with Crippen LogP contribution < -0.4 is 5.32 Å². The second kappa shape index (κ2) is 5.95. The molecule has 0 amide bonds. The number of hydrogen-bond acceptors (Lipinski definition) is 5.